The van der Waals surface area contributed by atoms with Gasteiger partial charge < -0.3 is 14.4 Å². The molecule has 0 saturated carbocycles. The van der Waals surface area contributed by atoms with Crippen LogP contribution in [0.15, 0.2) is 86.6 Å². The van der Waals surface area contributed by atoms with Crippen molar-refractivity contribution in [2.75, 3.05) is 31.7 Å². The number of esters is 1. The van der Waals surface area contributed by atoms with Crippen LogP contribution < -0.4 is 24.5 Å². The Balaban J connectivity index is 1.60. The van der Waals surface area contributed by atoms with Gasteiger partial charge in [-0.25, -0.2) is 9.79 Å². The van der Waals surface area contributed by atoms with Gasteiger partial charge in [-0.2, -0.15) is 0 Å². The average molecular weight is 659 g/mol. The second-order valence-corrected chi connectivity index (χ2v) is 12.5. The number of hydrogen-bond donors (Lipinski definition) is 0. The van der Waals surface area contributed by atoms with Crippen LogP contribution in [0, 0.1) is 6.92 Å². The summed E-state index contributed by atoms with van der Waals surface area (Å²) in [6, 6.07) is 20.7. The zero-order chi connectivity index (χ0) is 30.1. The van der Waals surface area contributed by atoms with E-state index in [0.29, 0.717) is 26.3 Å². The first-order valence-electron chi connectivity index (χ1n) is 14.4. The van der Waals surface area contributed by atoms with Crippen molar-refractivity contribution in [2.24, 2.45) is 4.99 Å². The van der Waals surface area contributed by atoms with Crippen LogP contribution in [-0.4, -0.2) is 37.3 Å². The lowest BCUT2D eigenvalue weighted by molar-refractivity contribution is -0.138. The maximum atomic E-state index is 14.3. The van der Waals surface area contributed by atoms with E-state index in [9.17, 15) is 9.59 Å². The molecule has 43 heavy (non-hydrogen) atoms. The predicted octanol–water partition coefficient (Wildman–Crippen LogP) is 5.62. The minimum atomic E-state index is -0.821. The fourth-order valence-corrected chi connectivity index (χ4v) is 7.16. The van der Waals surface area contributed by atoms with Crippen molar-refractivity contribution >= 4 is 50.7 Å². The van der Waals surface area contributed by atoms with Crippen molar-refractivity contribution in [3.05, 3.63) is 119 Å². The zero-order valence-corrected chi connectivity index (χ0v) is 26.7. The van der Waals surface area contributed by atoms with Gasteiger partial charge in [0, 0.05) is 34.4 Å². The lowest BCUT2D eigenvalue weighted by Crippen LogP contribution is -2.40. The van der Waals surface area contributed by atoms with E-state index < -0.39 is 12.0 Å². The summed E-state index contributed by atoms with van der Waals surface area (Å²) >= 11 is 4.90. The van der Waals surface area contributed by atoms with Crippen LogP contribution in [0.5, 0.6) is 5.75 Å². The van der Waals surface area contributed by atoms with Crippen LogP contribution in [0.3, 0.4) is 0 Å². The van der Waals surface area contributed by atoms with Gasteiger partial charge in [0.05, 0.1) is 29.5 Å². The molecule has 0 radical (unpaired) electrons. The van der Waals surface area contributed by atoms with Crippen molar-refractivity contribution in [1.29, 1.82) is 0 Å². The SMILES string of the molecule is CCOC(=O)C1=C(c2ccccc2)N=c2s/c(=C\c3ccc(N4CCCC4)cc3C)c(=O)n2[C@@H]1c1cc(Br)ccc1OC. The standard InChI is InChI=1S/C34H32BrN3O4S/c1-4-42-33(40)29-30(22-10-6-5-7-11-22)36-34-38(31(29)26-20-24(35)13-15-27(26)41-3)32(39)28(43-34)19-23-12-14-25(18-21(23)2)37-16-8-9-17-37/h5-7,10-15,18-20,31H,4,8-9,16-17H2,1-3H3/b28-19-/t31-/m1/s1. The molecule has 0 spiro atoms. The Morgan fingerprint density at radius 3 is 2.56 bits per heavy atom. The summed E-state index contributed by atoms with van der Waals surface area (Å²) in [4.78, 5) is 35.9. The molecule has 1 fully saturated rings. The Morgan fingerprint density at radius 2 is 1.86 bits per heavy atom. The summed E-state index contributed by atoms with van der Waals surface area (Å²) in [5, 5.41) is 0. The van der Waals surface area contributed by atoms with Crippen molar-refractivity contribution in [2.45, 2.75) is 32.7 Å². The second-order valence-electron chi connectivity index (χ2n) is 10.6. The highest BCUT2D eigenvalue weighted by Crippen LogP contribution is 2.39. The first-order chi connectivity index (χ1) is 20.9. The van der Waals surface area contributed by atoms with Crippen LogP contribution in [0.1, 0.15) is 48.1 Å². The fourth-order valence-electron chi connectivity index (χ4n) is 5.79. The minimum Gasteiger partial charge on any atom is -0.496 e. The Bertz CT molecular complexity index is 1910. The number of ether oxygens (including phenoxy) is 2. The second kappa shape index (κ2) is 12.3. The number of carbonyl (C=O) groups excluding carboxylic acids is 1. The van der Waals surface area contributed by atoms with E-state index in [0.717, 1.165) is 34.3 Å². The van der Waals surface area contributed by atoms with Crippen LogP contribution in [-0.2, 0) is 9.53 Å². The average Bonchev–Trinajstić information content (AvgIpc) is 3.66. The summed E-state index contributed by atoms with van der Waals surface area (Å²) in [5.41, 5.74) is 5.22. The number of hydrogen-bond acceptors (Lipinski definition) is 7. The molecule has 7 nitrogen and oxygen atoms in total. The summed E-state index contributed by atoms with van der Waals surface area (Å²) in [6.45, 7) is 6.17. The molecule has 0 bridgehead atoms. The lowest BCUT2D eigenvalue weighted by Gasteiger charge is -2.27. The Labute approximate surface area is 262 Å². The number of methoxy groups -OCH3 is 1. The van der Waals surface area contributed by atoms with Crippen LogP contribution in [0.25, 0.3) is 11.8 Å². The molecule has 3 aromatic carbocycles. The fraction of sp³-hybridized carbons (Fsp3) is 0.265. The van der Waals surface area contributed by atoms with Crippen LogP contribution >= 0.6 is 27.3 Å². The van der Waals surface area contributed by atoms with E-state index >= 15 is 0 Å². The maximum absolute atomic E-state index is 14.3. The molecular formula is C34H32BrN3O4S. The van der Waals surface area contributed by atoms with Gasteiger partial charge in [0.1, 0.15) is 11.8 Å². The lowest BCUT2D eigenvalue weighted by atomic mass is 9.92. The number of benzene rings is 3. The number of aromatic nitrogens is 1. The molecule has 0 aliphatic carbocycles. The summed E-state index contributed by atoms with van der Waals surface area (Å²) < 4.78 is 14.3. The molecule has 2 aliphatic heterocycles. The molecule has 1 saturated heterocycles. The molecule has 0 amide bonds. The van der Waals surface area contributed by atoms with Crippen molar-refractivity contribution in [1.82, 2.24) is 4.57 Å². The number of aryl methyl sites for hydroxylation is 1. The molecule has 220 valence electrons. The highest BCUT2D eigenvalue weighted by atomic mass is 79.9. The van der Waals surface area contributed by atoms with Gasteiger partial charge >= 0.3 is 5.97 Å². The van der Waals surface area contributed by atoms with Gasteiger partial charge in [0.2, 0.25) is 0 Å². The molecule has 1 aromatic heterocycles. The van der Waals surface area contributed by atoms with E-state index in [2.05, 4.69) is 46.0 Å². The van der Waals surface area contributed by atoms with Gasteiger partial charge in [-0.15, -0.1) is 0 Å². The number of thiazole rings is 1. The zero-order valence-electron chi connectivity index (χ0n) is 24.3. The smallest absolute Gasteiger partial charge is 0.338 e. The van der Waals surface area contributed by atoms with Crippen LogP contribution in [0.4, 0.5) is 5.69 Å². The minimum absolute atomic E-state index is 0.184. The van der Waals surface area contributed by atoms with Crippen molar-refractivity contribution in [3.8, 4) is 5.75 Å². The molecule has 0 N–H and O–H groups in total. The third-order valence-electron chi connectivity index (χ3n) is 7.87. The van der Waals surface area contributed by atoms with Gasteiger partial charge in [0.15, 0.2) is 4.80 Å². The predicted molar refractivity (Wildman–Crippen MR) is 174 cm³/mol. The van der Waals surface area contributed by atoms with E-state index in [1.54, 1.807) is 18.6 Å². The van der Waals surface area contributed by atoms with Gasteiger partial charge in [-0.1, -0.05) is 63.7 Å². The molecule has 4 aromatic rings. The van der Waals surface area contributed by atoms with Gasteiger partial charge in [-0.3, -0.25) is 9.36 Å². The molecule has 6 rings (SSSR count). The third-order valence-corrected chi connectivity index (χ3v) is 9.35. The van der Waals surface area contributed by atoms with Crippen molar-refractivity contribution < 1.29 is 14.3 Å². The van der Waals surface area contributed by atoms with E-state index in [1.165, 1.54) is 29.9 Å². The number of halogens is 1. The highest BCUT2D eigenvalue weighted by molar-refractivity contribution is 9.10. The topological polar surface area (TPSA) is 73.1 Å². The Hall–Kier alpha value is -3.95. The van der Waals surface area contributed by atoms with E-state index in [1.807, 2.05) is 54.6 Å². The maximum Gasteiger partial charge on any atom is 0.338 e. The first kappa shape index (κ1) is 29.1. The number of nitrogens with zero attached hydrogens (tertiary/aromatic N) is 3. The number of rotatable bonds is 7. The Morgan fingerprint density at radius 1 is 1.09 bits per heavy atom. The summed E-state index contributed by atoms with van der Waals surface area (Å²) in [7, 11) is 1.58. The number of fused-ring (bicyclic) bond motifs is 1. The molecule has 0 unspecified atom stereocenters. The molecule has 1 atom stereocenters. The van der Waals surface area contributed by atoms with E-state index in [4.69, 9.17) is 14.5 Å². The Kier molecular flexibility index (Phi) is 8.36. The van der Waals surface area contributed by atoms with E-state index in [-0.39, 0.29) is 17.7 Å². The molecule has 9 heteroatoms. The quantitative estimate of drug-likeness (QED) is 0.242. The monoisotopic (exact) mass is 657 g/mol. The van der Waals surface area contributed by atoms with Gasteiger partial charge in [-0.05, 0) is 74.2 Å². The molecule has 2 aliphatic rings. The largest absolute Gasteiger partial charge is 0.496 e. The third kappa shape index (κ3) is 5.59. The number of carbonyl (C=O) groups is 1. The van der Waals surface area contributed by atoms with Crippen LogP contribution in [0.2, 0.25) is 0 Å². The number of anilines is 1. The summed E-state index contributed by atoms with van der Waals surface area (Å²) in [6.07, 6.45) is 4.35. The molecule has 3 heterocycles. The normalized spacial score (nSPS) is 16.7. The molecular weight excluding hydrogens is 626 g/mol. The van der Waals surface area contributed by atoms with Crippen molar-refractivity contribution in [3.63, 3.8) is 0 Å². The van der Waals surface area contributed by atoms with Gasteiger partial charge in [0.25, 0.3) is 5.56 Å². The summed E-state index contributed by atoms with van der Waals surface area (Å²) in [5.74, 6) is 0.0204. The first-order valence-corrected chi connectivity index (χ1v) is 16.0. The highest BCUT2D eigenvalue weighted by Gasteiger charge is 2.37.